The number of methoxy groups -OCH3 is 1. The highest BCUT2D eigenvalue weighted by Crippen LogP contribution is 2.06. The van der Waals surface area contributed by atoms with E-state index in [1.165, 1.54) is 7.11 Å². The van der Waals surface area contributed by atoms with Gasteiger partial charge in [0.15, 0.2) is 0 Å². The van der Waals surface area contributed by atoms with Gasteiger partial charge < -0.3 is 15.2 Å². The lowest BCUT2D eigenvalue weighted by molar-refractivity contribution is 0.0587. The van der Waals surface area contributed by atoms with Gasteiger partial charge in [-0.05, 0) is 25.0 Å². The van der Waals surface area contributed by atoms with E-state index < -0.39 is 6.10 Å². The maximum atomic E-state index is 11.8. The minimum atomic E-state index is -0.530. The second-order valence-corrected chi connectivity index (χ2v) is 3.97. The Bertz CT molecular complexity index is 365. The molecule has 1 atom stereocenters. The average Bonchev–Trinajstić information content (AvgIpc) is 2.29. The van der Waals surface area contributed by atoms with Gasteiger partial charge in [-0.1, -0.05) is 18.2 Å². The van der Waals surface area contributed by atoms with E-state index >= 15 is 0 Å². The summed E-state index contributed by atoms with van der Waals surface area (Å²) in [6.07, 6.45) is -0.0389. The van der Waals surface area contributed by atoms with Gasteiger partial charge in [-0.25, -0.2) is 0 Å². The number of aliphatic hydroxyl groups excluding tert-OH is 1. The van der Waals surface area contributed by atoms with Crippen LogP contribution in [0.15, 0.2) is 24.3 Å². The Kier molecular flexibility index (Phi) is 5.66. The number of aliphatic hydroxyl groups is 1. The summed E-state index contributed by atoms with van der Waals surface area (Å²) in [7, 11) is 1.54. The molecule has 2 N–H and O–H groups in total. The van der Waals surface area contributed by atoms with E-state index in [4.69, 9.17) is 4.74 Å². The van der Waals surface area contributed by atoms with Crippen LogP contribution in [-0.4, -0.2) is 37.4 Å². The smallest absolute Gasteiger partial charge is 0.251 e. The summed E-state index contributed by atoms with van der Waals surface area (Å²) in [6, 6.07) is 7.42. The predicted octanol–water partition coefficient (Wildman–Crippen LogP) is 1.12. The molecule has 0 radical (unpaired) electrons. The lowest BCUT2D eigenvalue weighted by Gasteiger charge is -2.11. The normalized spacial score (nSPS) is 12.2. The number of rotatable bonds is 6. The van der Waals surface area contributed by atoms with Crippen molar-refractivity contribution in [1.29, 1.82) is 0 Å². The number of ether oxygens (including phenoxy) is 1. The molecule has 1 aromatic carbocycles. The van der Waals surface area contributed by atoms with Crippen molar-refractivity contribution < 1.29 is 14.6 Å². The second-order valence-electron chi connectivity index (χ2n) is 3.97. The van der Waals surface area contributed by atoms with E-state index in [1.807, 2.05) is 25.1 Å². The van der Waals surface area contributed by atoms with Crippen molar-refractivity contribution in [3.63, 3.8) is 0 Å². The summed E-state index contributed by atoms with van der Waals surface area (Å²) in [5.74, 6) is -0.104. The third-order valence-electron chi connectivity index (χ3n) is 2.51. The van der Waals surface area contributed by atoms with Crippen molar-refractivity contribution in [3.05, 3.63) is 35.4 Å². The van der Waals surface area contributed by atoms with Crippen LogP contribution in [-0.2, 0) is 4.74 Å². The molecule has 4 heteroatoms. The fourth-order valence-corrected chi connectivity index (χ4v) is 1.55. The zero-order valence-corrected chi connectivity index (χ0v) is 10.3. The van der Waals surface area contributed by atoms with Gasteiger partial charge in [0.1, 0.15) is 0 Å². The fraction of sp³-hybridized carbons (Fsp3) is 0.462. The van der Waals surface area contributed by atoms with Crippen molar-refractivity contribution in [2.24, 2.45) is 0 Å². The molecule has 0 aliphatic heterocycles. The van der Waals surface area contributed by atoms with Gasteiger partial charge in [0.25, 0.3) is 5.91 Å². The first-order valence-corrected chi connectivity index (χ1v) is 5.66. The third-order valence-corrected chi connectivity index (χ3v) is 2.51. The molecule has 4 nitrogen and oxygen atoms in total. The van der Waals surface area contributed by atoms with Crippen molar-refractivity contribution in [1.82, 2.24) is 5.32 Å². The molecule has 1 amide bonds. The fourth-order valence-electron chi connectivity index (χ4n) is 1.55. The minimum Gasteiger partial charge on any atom is -0.391 e. The molecule has 0 saturated carbocycles. The number of amides is 1. The van der Waals surface area contributed by atoms with E-state index in [9.17, 15) is 9.90 Å². The molecular formula is C13H19NO3. The SMILES string of the molecule is COCC(O)CCNC(=O)c1ccccc1C. The highest BCUT2D eigenvalue weighted by atomic mass is 16.5. The Morgan fingerprint density at radius 3 is 2.82 bits per heavy atom. The quantitative estimate of drug-likeness (QED) is 0.779. The third kappa shape index (κ3) is 4.54. The molecule has 0 heterocycles. The number of hydrogen-bond donors (Lipinski definition) is 2. The van der Waals surface area contributed by atoms with Crippen LogP contribution in [0, 0.1) is 6.92 Å². The topological polar surface area (TPSA) is 58.6 Å². The number of benzene rings is 1. The zero-order chi connectivity index (χ0) is 12.7. The standard InChI is InChI=1S/C13H19NO3/c1-10-5-3-4-6-12(10)13(16)14-8-7-11(15)9-17-2/h3-6,11,15H,7-9H2,1-2H3,(H,14,16). The molecule has 1 unspecified atom stereocenters. The number of carbonyl (C=O) groups is 1. The van der Waals surface area contributed by atoms with Gasteiger partial charge in [0.2, 0.25) is 0 Å². The summed E-state index contributed by atoms with van der Waals surface area (Å²) in [5.41, 5.74) is 1.62. The Labute approximate surface area is 102 Å². The molecule has 94 valence electrons. The van der Waals surface area contributed by atoms with Gasteiger partial charge in [0, 0.05) is 19.2 Å². The molecule has 0 saturated heterocycles. The molecule has 0 aliphatic rings. The molecule has 1 rings (SSSR count). The average molecular weight is 237 g/mol. The number of aryl methyl sites for hydroxylation is 1. The van der Waals surface area contributed by atoms with Crippen LogP contribution >= 0.6 is 0 Å². The first-order chi connectivity index (χ1) is 8.15. The van der Waals surface area contributed by atoms with Crippen molar-refractivity contribution in [2.75, 3.05) is 20.3 Å². The van der Waals surface area contributed by atoms with E-state index in [0.717, 1.165) is 5.56 Å². The Hall–Kier alpha value is -1.39. The highest BCUT2D eigenvalue weighted by Gasteiger charge is 2.08. The Balaban J connectivity index is 2.38. The lowest BCUT2D eigenvalue weighted by atomic mass is 10.1. The van der Waals surface area contributed by atoms with Crippen LogP contribution < -0.4 is 5.32 Å². The van der Waals surface area contributed by atoms with Gasteiger partial charge in [-0.2, -0.15) is 0 Å². The molecular weight excluding hydrogens is 218 g/mol. The highest BCUT2D eigenvalue weighted by molar-refractivity contribution is 5.95. The zero-order valence-electron chi connectivity index (χ0n) is 10.3. The van der Waals surface area contributed by atoms with Crippen LogP contribution in [0.4, 0.5) is 0 Å². The van der Waals surface area contributed by atoms with E-state index in [2.05, 4.69) is 5.32 Å². The molecule has 17 heavy (non-hydrogen) atoms. The monoisotopic (exact) mass is 237 g/mol. The van der Waals surface area contributed by atoms with E-state index in [-0.39, 0.29) is 5.91 Å². The summed E-state index contributed by atoms with van der Waals surface area (Å²) in [6.45, 7) is 2.63. The molecule has 0 fully saturated rings. The number of hydrogen-bond acceptors (Lipinski definition) is 3. The summed E-state index contributed by atoms with van der Waals surface area (Å²) < 4.78 is 4.80. The van der Waals surface area contributed by atoms with Crippen LogP contribution in [0.5, 0.6) is 0 Å². The number of carbonyl (C=O) groups excluding carboxylic acids is 1. The maximum Gasteiger partial charge on any atom is 0.251 e. The van der Waals surface area contributed by atoms with Crippen LogP contribution in [0.25, 0.3) is 0 Å². The second kappa shape index (κ2) is 7.04. The van der Waals surface area contributed by atoms with Crippen LogP contribution in [0.3, 0.4) is 0 Å². The predicted molar refractivity (Wildman–Crippen MR) is 66.0 cm³/mol. The summed E-state index contributed by atoms with van der Waals surface area (Å²) >= 11 is 0. The van der Waals surface area contributed by atoms with Gasteiger partial charge >= 0.3 is 0 Å². The van der Waals surface area contributed by atoms with Crippen LogP contribution in [0.2, 0.25) is 0 Å². The Morgan fingerprint density at radius 1 is 1.47 bits per heavy atom. The molecule has 0 bridgehead atoms. The first kappa shape index (κ1) is 13.7. The molecule has 0 aliphatic carbocycles. The lowest BCUT2D eigenvalue weighted by Crippen LogP contribution is -2.28. The van der Waals surface area contributed by atoms with E-state index in [1.54, 1.807) is 6.07 Å². The van der Waals surface area contributed by atoms with Gasteiger partial charge in [-0.3, -0.25) is 4.79 Å². The van der Waals surface area contributed by atoms with E-state index in [0.29, 0.717) is 25.1 Å². The Morgan fingerprint density at radius 2 is 2.18 bits per heavy atom. The van der Waals surface area contributed by atoms with Crippen molar-refractivity contribution in [3.8, 4) is 0 Å². The summed E-state index contributed by atoms with van der Waals surface area (Å²) in [5, 5.41) is 12.2. The van der Waals surface area contributed by atoms with Crippen molar-refractivity contribution in [2.45, 2.75) is 19.4 Å². The molecule has 1 aromatic rings. The minimum absolute atomic E-state index is 0.104. The van der Waals surface area contributed by atoms with Gasteiger partial charge in [0.05, 0.1) is 12.7 Å². The largest absolute Gasteiger partial charge is 0.391 e. The number of nitrogens with one attached hydrogen (secondary N) is 1. The first-order valence-electron chi connectivity index (χ1n) is 5.66. The maximum absolute atomic E-state index is 11.8. The van der Waals surface area contributed by atoms with Gasteiger partial charge in [-0.15, -0.1) is 0 Å². The van der Waals surface area contributed by atoms with Crippen LogP contribution in [0.1, 0.15) is 22.3 Å². The summed E-state index contributed by atoms with van der Waals surface area (Å²) in [4.78, 5) is 11.8. The molecule has 0 aromatic heterocycles. The molecule has 0 spiro atoms. The van der Waals surface area contributed by atoms with Crippen molar-refractivity contribution >= 4 is 5.91 Å².